The summed E-state index contributed by atoms with van der Waals surface area (Å²) in [4.78, 5) is 0. The van der Waals surface area contributed by atoms with Gasteiger partial charge in [0, 0.05) is 5.38 Å². The molecule has 5 atom stereocenters. The molecule has 0 radical (unpaired) electrons. The second kappa shape index (κ2) is 0.965. The quantitative estimate of drug-likeness (QED) is 0.437. The predicted molar refractivity (Wildman–Crippen MR) is 32.8 cm³/mol. The first kappa shape index (κ1) is 4.16. The Morgan fingerprint density at radius 3 is 1.88 bits per heavy atom. The van der Waals surface area contributed by atoms with Crippen molar-refractivity contribution in [1.82, 2.24) is 0 Å². The molecular formula is C7H9Cl. The molecule has 4 rings (SSSR count). The summed E-state index contributed by atoms with van der Waals surface area (Å²) >= 11 is 6.10. The van der Waals surface area contributed by atoms with Crippen LogP contribution in [-0.4, -0.2) is 5.38 Å². The molecular weight excluding hydrogens is 120 g/mol. The van der Waals surface area contributed by atoms with Crippen LogP contribution in [0, 0.1) is 23.7 Å². The van der Waals surface area contributed by atoms with E-state index in [2.05, 4.69) is 0 Å². The van der Waals surface area contributed by atoms with Gasteiger partial charge in [-0.05, 0) is 36.5 Å². The van der Waals surface area contributed by atoms with Crippen LogP contribution in [0.3, 0.4) is 0 Å². The van der Waals surface area contributed by atoms with E-state index in [1.807, 2.05) is 0 Å². The third-order valence-corrected chi connectivity index (χ3v) is 4.01. The van der Waals surface area contributed by atoms with Gasteiger partial charge in [-0.3, -0.25) is 0 Å². The summed E-state index contributed by atoms with van der Waals surface area (Å²) in [6.45, 7) is 0. The van der Waals surface area contributed by atoms with Crippen molar-refractivity contribution in [3.05, 3.63) is 0 Å². The minimum absolute atomic E-state index is 0.602. The summed E-state index contributed by atoms with van der Waals surface area (Å²) in [5.41, 5.74) is 0. The molecule has 4 fully saturated rings. The number of hydrogen-bond acceptors (Lipinski definition) is 0. The lowest BCUT2D eigenvalue weighted by atomic mass is 10.1. The molecule has 4 aliphatic rings. The summed E-state index contributed by atoms with van der Waals surface area (Å²) < 4.78 is 0. The third kappa shape index (κ3) is 0.255. The molecule has 4 saturated carbocycles. The highest BCUT2D eigenvalue weighted by atomic mass is 35.5. The lowest BCUT2D eigenvalue weighted by molar-refractivity contribution is 0.610. The van der Waals surface area contributed by atoms with E-state index in [4.69, 9.17) is 11.6 Å². The first-order chi connectivity index (χ1) is 3.88. The van der Waals surface area contributed by atoms with Crippen molar-refractivity contribution in [3.63, 3.8) is 0 Å². The van der Waals surface area contributed by atoms with Crippen LogP contribution < -0.4 is 0 Å². The molecule has 0 spiro atoms. The van der Waals surface area contributed by atoms with Gasteiger partial charge in [0.05, 0.1) is 0 Å². The van der Waals surface area contributed by atoms with Gasteiger partial charge >= 0.3 is 0 Å². The summed E-state index contributed by atoms with van der Waals surface area (Å²) in [7, 11) is 0. The zero-order chi connectivity index (χ0) is 5.30. The first-order valence-corrected chi connectivity index (χ1v) is 3.95. The van der Waals surface area contributed by atoms with Crippen molar-refractivity contribution in [1.29, 1.82) is 0 Å². The van der Waals surface area contributed by atoms with Crippen molar-refractivity contribution in [3.8, 4) is 0 Å². The van der Waals surface area contributed by atoms with Crippen LogP contribution in [0.25, 0.3) is 0 Å². The molecule has 0 nitrogen and oxygen atoms in total. The molecule has 1 heteroatoms. The molecule has 44 valence electrons. The van der Waals surface area contributed by atoms with Gasteiger partial charge in [-0.1, -0.05) is 0 Å². The third-order valence-electron chi connectivity index (χ3n) is 3.37. The lowest BCUT2D eigenvalue weighted by Crippen LogP contribution is -2.01. The van der Waals surface area contributed by atoms with E-state index in [0.717, 1.165) is 23.7 Å². The predicted octanol–water partition coefficient (Wildman–Crippen LogP) is 1.88. The fourth-order valence-corrected chi connectivity index (χ4v) is 3.56. The molecule has 0 aromatic heterocycles. The van der Waals surface area contributed by atoms with Crippen molar-refractivity contribution >= 4 is 11.6 Å². The second-order valence-corrected chi connectivity index (χ2v) is 4.08. The smallest absolute Gasteiger partial charge is 0.0398 e. The first-order valence-electron chi connectivity index (χ1n) is 3.52. The Balaban J connectivity index is 2.10. The van der Waals surface area contributed by atoms with E-state index in [1.165, 1.54) is 12.8 Å². The van der Waals surface area contributed by atoms with Gasteiger partial charge in [-0.25, -0.2) is 0 Å². The SMILES string of the molecule is Cl[C@@H]1C2CC3C1[C@@H]3C2. The average Bonchev–Trinajstić information content (AvgIpc) is 2.23. The van der Waals surface area contributed by atoms with E-state index in [9.17, 15) is 0 Å². The lowest BCUT2D eigenvalue weighted by Gasteiger charge is -2.01. The van der Waals surface area contributed by atoms with Gasteiger partial charge < -0.3 is 0 Å². The Hall–Kier alpha value is 0.290. The van der Waals surface area contributed by atoms with Crippen LogP contribution in [0.1, 0.15) is 12.8 Å². The molecule has 0 aromatic rings. The van der Waals surface area contributed by atoms with E-state index < -0.39 is 0 Å². The Kier molecular flexibility index (Phi) is 0.502. The Labute approximate surface area is 54.2 Å². The van der Waals surface area contributed by atoms with Gasteiger partial charge in [0.2, 0.25) is 0 Å². The van der Waals surface area contributed by atoms with E-state index >= 15 is 0 Å². The van der Waals surface area contributed by atoms with Gasteiger partial charge in [0.1, 0.15) is 0 Å². The number of halogens is 1. The number of hydrogen-bond donors (Lipinski definition) is 0. The van der Waals surface area contributed by atoms with Crippen LogP contribution in [0.5, 0.6) is 0 Å². The topological polar surface area (TPSA) is 0 Å². The monoisotopic (exact) mass is 128 g/mol. The fraction of sp³-hybridized carbons (Fsp3) is 1.00. The van der Waals surface area contributed by atoms with Crippen LogP contribution in [0.4, 0.5) is 0 Å². The highest BCUT2D eigenvalue weighted by molar-refractivity contribution is 6.21. The van der Waals surface area contributed by atoms with Crippen molar-refractivity contribution in [2.24, 2.45) is 23.7 Å². The molecule has 3 unspecified atom stereocenters. The molecule has 0 aromatic carbocycles. The van der Waals surface area contributed by atoms with Crippen LogP contribution >= 0.6 is 11.6 Å². The zero-order valence-corrected chi connectivity index (χ0v) is 5.43. The molecule has 0 amide bonds. The number of rotatable bonds is 0. The van der Waals surface area contributed by atoms with Crippen LogP contribution in [-0.2, 0) is 0 Å². The molecule has 0 saturated heterocycles. The summed E-state index contributed by atoms with van der Waals surface area (Å²) in [5.74, 6) is 4.13. The Bertz CT molecular complexity index is 129. The maximum atomic E-state index is 6.10. The molecule has 8 heavy (non-hydrogen) atoms. The van der Waals surface area contributed by atoms with Gasteiger partial charge in [-0.2, -0.15) is 0 Å². The molecule has 4 aliphatic carbocycles. The normalized spacial score (nSPS) is 73.9. The summed E-state index contributed by atoms with van der Waals surface area (Å²) in [5, 5.41) is 0.602. The minimum Gasteiger partial charge on any atom is -0.122 e. The van der Waals surface area contributed by atoms with Crippen LogP contribution in [0.2, 0.25) is 0 Å². The Morgan fingerprint density at radius 2 is 1.75 bits per heavy atom. The number of alkyl halides is 1. The summed E-state index contributed by atoms with van der Waals surface area (Å²) in [6.07, 6.45) is 2.95. The largest absolute Gasteiger partial charge is 0.122 e. The van der Waals surface area contributed by atoms with E-state index in [-0.39, 0.29) is 0 Å². The molecule has 0 N–H and O–H groups in total. The summed E-state index contributed by atoms with van der Waals surface area (Å²) in [6, 6.07) is 0. The van der Waals surface area contributed by atoms with E-state index in [1.54, 1.807) is 0 Å². The van der Waals surface area contributed by atoms with E-state index in [0.29, 0.717) is 5.38 Å². The zero-order valence-electron chi connectivity index (χ0n) is 4.68. The van der Waals surface area contributed by atoms with Crippen molar-refractivity contribution < 1.29 is 0 Å². The van der Waals surface area contributed by atoms with Gasteiger partial charge in [-0.15, -0.1) is 11.6 Å². The van der Waals surface area contributed by atoms with Crippen LogP contribution in [0.15, 0.2) is 0 Å². The molecule has 4 bridgehead atoms. The second-order valence-electron chi connectivity index (χ2n) is 3.58. The van der Waals surface area contributed by atoms with Gasteiger partial charge in [0.25, 0.3) is 0 Å². The maximum absolute atomic E-state index is 6.10. The molecule has 0 heterocycles. The van der Waals surface area contributed by atoms with Crippen molar-refractivity contribution in [2.45, 2.75) is 18.2 Å². The Morgan fingerprint density at radius 1 is 1.12 bits per heavy atom. The average molecular weight is 129 g/mol. The standard InChI is InChI=1S/C7H9Cl/c8-7-3-1-4-5(2-3)6(4)7/h3-7H,1-2H2/t3?,4-,5?,6?,7-/m1/s1. The highest BCUT2D eigenvalue weighted by Gasteiger charge is 2.67. The minimum atomic E-state index is 0.602. The van der Waals surface area contributed by atoms with Gasteiger partial charge in [0.15, 0.2) is 0 Å². The maximum Gasteiger partial charge on any atom is 0.0398 e. The molecule has 0 aliphatic heterocycles. The fourth-order valence-electron chi connectivity index (χ4n) is 2.98. The van der Waals surface area contributed by atoms with Crippen molar-refractivity contribution in [2.75, 3.05) is 0 Å². The highest BCUT2D eigenvalue weighted by Crippen LogP contribution is 2.71.